The molecule has 0 radical (unpaired) electrons. The Morgan fingerprint density at radius 1 is 0.800 bits per heavy atom. The quantitative estimate of drug-likeness (QED) is 0.548. The van der Waals surface area contributed by atoms with Crippen LogP contribution >= 0.6 is 0 Å². The van der Waals surface area contributed by atoms with Gasteiger partial charge in [-0.1, -0.05) is 79.4 Å². The maximum atomic E-state index is 13.0. The van der Waals surface area contributed by atoms with E-state index in [1.54, 1.807) is 6.08 Å². The number of hydrogen-bond acceptors (Lipinski definition) is 2. The van der Waals surface area contributed by atoms with Gasteiger partial charge in [0.05, 0.1) is 16.8 Å². The second-order valence-corrected chi connectivity index (χ2v) is 5.74. The second-order valence-electron chi connectivity index (χ2n) is 5.74. The summed E-state index contributed by atoms with van der Waals surface area (Å²) in [6.07, 6.45) is 1.74. The molecule has 0 saturated heterocycles. The van der Waals surface area contributed by atoms with Gasteiger partial charge in [-0.2, -0.15) is 9.78 Å². The Bertz CT molecular complexity index is 1130. The molecule has 0 aliphatic rings. The van der Waals surface area contributed by atoms with Crippen molar-refractivity contribution in [2.45, 2.75) is 0 Å². The third-order valence-corrected chi connectivity index (χ3v) is 4.24. The number of fused-ring (bicyclic) bond motifs is 1. The molecule has 3 aromatic carbocycles. The fraction of sp³-hybridized carbons (Fsp3) is 0. The summed E-state index contributed by atoms with van der Waals surface area (Å²) in [6.45, 7) is 3.85. The van der Waals surface area contributed by atoms with Crippen molar-refractivity contribution < 1.29 is 0 Å². The summed E-state index contributed by atoms with van der Waals surface area (Å²) in [5.41, 5.74) is 3.22. The molecule has 0 spiro atoms. The van der Waals surface area contributed by atoms with E-state index in [4.69, 9.17) is 5.10 Å². The molecule has 0 unspecified atom stereocenters. The number of rotatable bonds is 3. The minimum atomic E-state index is -0.135. The molecule has 1 heterocycles. The van der Waals surface area contributed by atoms with E-state index in [1.165, 1.54) is 4.68 Å². The zero-order valence-corrected chi connectivity index (χ0v) is 13.6. The molecular formula is C22H16N2O. The number of benzene rings is 3. The Balaban J connectivity index is 2.12. The monoisotopic (exact) mass is 324 g/mol. The van der Waals surface area contributed by atoms with Crippen LogP contribution in [0.15, 0.2) is 90.2 Å². The van der Waals surface area contributed by atoms with Crippen LogP contribution in [0.3, 0.4) is 0 Å². The second kappa shape index (κ2) is 6.21. The van der Waals surface area contributed by atoms with Gasteiger partial charge in [0.25, 0.3) is 5.56 Å². The SMILES string of the molecule is C=Cc1ccccc1-n1nc(-c2ccccc2)c2ccccc2c1=O. The highest BCUT2D eigenvalue weighted by Crippen LogP contribution is 2.25. The van der Waals surface area contributed by atoms with E-state index in [9.17, 15) is 4.79 Å². The lowest BCUT2D eigenvalue weighted by Crippen LogP contribution is -2.22. The predicted octanol–water partition coefficient (Wildman–Crippen LogP) is 4.70. The fourth-order valence-electron chi connectivity index (χ4n) is 3.02. The van der Waals surface area contributed by atoms with Crippen molar-refractivity contribution in [3.05, 3.63) is 101 Å². The van der Waals surface area contributed by atoms with E-state index in [0.717, 1.165) is 27.9 Å². The van der Waals surface area contributed by atoms with Gasteiger partial charge in [-0.3, -0.25) is 4.79 Å². The molecule has 0 aliphatic carbocycles. The molecule has 0 amide bonds. The smallest absolute Gasteiger partial charge is 0.267 e. The van der Waals surface area contributed by atoms with Gasteiger partial charge in [0.15, 0.2) is 0 Å². The molecule has 0 fully saturated rings. The summed E-state index contributed by atoms with van der Waals surface area (Å²) in [6, 6.07) is 25.1. The summed E-state index contributed by atoms with van der Waals surface area (Å²) in [5, 5.41) is 6.21. The number of aromatic nitrogens is 2. The first-order chi connectivity index (χ1) is 12.3. The van der Waals surface area contributed by atoms with Gasteiger partial charge >= 0.3 is 0 Å². The van der Waals surface area contributed by atoms with Crippen molar-refractivity contribution in [1.82, 2.24) is 9.78 Å². The Morgan fingerprint density at radius 3 is 2.20 bits per heavy atom. The van der Waals surface area contributed by atoms with Gasteiger partial charge in [-0.15, -0.1) is 0 Å². The largest absolute Gasteiger partial charge is 0.279 e. The van der Waals surface area contributed by atoms with Crippen molar-refractivity contribution in [1.29, 1.82) is 0 Å². The van der Waals surface area contributed by atoms with E-state index in [2.05, 4.69) is 6.58 Å². The maximum absolute atomic E-state index is 13.0. The van der Waals surface area contributed by atoms with Gasteiger partial charge in [-0.05, 0) is 17.7 Å². The zero-order chi connectivity index (χ0) is 17.2. The molecule has 1 aromatic heterocycles. The summed E-state index contributed by atoms with van der Waals surface area (Å²) in [5.74, 6) is 0. The van der Waals surface area contributed by atoms with Crippen LogP contribution in [0.4, 0.5) is 0 Å². The topological polar surface area (TPSA) is 34.9 Å². The molecule has 0 N–H and O–H groups in total. The van der Waals surface area contributed by atoms with Crippen LogP contribution in [-0.4, -0.2) is 9.78 Å². The highest BCUT2D eigenvalue weighted by atomic mass is 16.1. The van der Waals surface area contributed by atoms with Crippen LogP contribution in [0.1, 0.15) is 5.56 Å². The Labute approximate surface area is 145 Å². The standard InChI is InChI=1S/C22H16N2O/c1-2-16-10-6-9-15-20(16)24-22(25)19-14-8-7-13-18(19)21(23-24)17-11-4-3-5-12-17/h2-15H,1H2. The first-order valence-corrected chi connectivity index (χ1v) is 8.09. The minimum absolute atomic E-state index is 0.135. The molecule has 3 nitrogen and oxygen atoms in total. The van der Waals surface area contributed by atoms with Gasteiger partial charge in [0.1, 0.15) is 0 Å². The number of hydrogen-bond donors (Lipinski definition) is 0. The summed E-state index contributed by atoms with van der Waals surface area (Å²) in [7, 11) is 0. The highest BCUT2D eigenvalue weighted by Gasteiger charge is 2.14. The lowest BCUT2D eigenvalue weighted by atomic mass is 10.0. The lowest BCUT2D eigenvalue weighted by molar-refractivity contribution is 0.824. The lowest BCUT2D eigenvalue weighted by Gasteiger charge is -2.13. The van der Waals surface area contributed by atoms with Crippen LogP contribution in [-0.2, 0) is 0 Å². The van der Waals surface area contributed by atoms with Crippen LogP contribution < -0.4 is 5.56 Å². The van der Waals surface area contributed by atoms with Gasteiger partial charge in [0, 0.05) is 10.9 Å². The van der Waals surface area contributed by atoms with Crippen molar-refractivity contribution >= 4 is 16.8 Å². The third-order valence-electron chi connectivity index (χ3n) is 4.24. The molecule has 3 heteroatoms. The Kier molecular flexibility index (Phi) is 3.75. The molecule has 4 rings (SSSR count). The normalized spacial score (nSPS) is 10.7. The molecule has 0 atom stereocenters. The van der Waals surface area contributed by atoms with Crippen LogP contribution in [0.2, 0.25) is 0 Å². The van der Waals surface area contributed by atoms with E-state index in [1.807, 2.05) is 78.9 Å². The summed E-state index contributed by atoms with van der Waals surface area (Å²) < 4.78 is 1.47. The van der Waals surface area contributed by atoms with Gasteiger partial charge in [-0.25, -0.2) is 0 Å². The first kappa shape index (κ1) is 15.1. The van der Waals surface area contributed by atoms with Crippen molar-refractivity contribution in [3.63, 3.8) is 0 Å². The molecule has 0 saturated carbocycles. The van der Waals surface area contributed by atoms with Gasteiger partial charge in [0.2, 0.25) is 0 Å². The number of para-hydroxylation sites is 1. The minimum Gasteiger partial charge on any atom is -0.267 e. The first-order valence-electron chi connectivity index (χ1n) is 8.09. The third kappa shape index (κ3) is 2.56. The van der Waals surface area contributed by atoms with E-state index in [-0.39, 0.29) is 5.56 Å². The molecule has 25 heavy (non-hydrogen) atoms. The Morgan fingerprint density at radius 2 is 1.44 bits per heavy atom. The summed E-state index contributed by atoms with van der Waals surface area (Å²) in [4.78, 5) is 13.0. The molecule has 120 valence electrons. The zero-order valence-electron chi connectivity index (χ0n) is 13.6. The molecular weight excluding hydrogens is 308 g/mol. The highest BCUT2D eigenvalue weighted by molar-refractivity contribution is 5.94. The van der Waals surface area contributed by atoms with Gasteiger partial charge < -0.3 is 0 Å². The molecule has 4 aromatic rings. The maximum Gasteiger partial charge on any atom is 0.279 e. The van der Waals surface area contributed by atoms with Crippen molar-refractivity contribution in [2.75, 3.05) is 0 Å². The average molecular weight is 324 g/mol. The van der Waals surface area contributed by atoms with E-state index in [0.29, 0.717) is 5.39 Å². The van der Waals surface area contributed by atoms with Crippen LogP contribution in [0, 0.1) is 0 Å². The fourth-order valence-corrected chi connectivity index (χ4v) is 3.02. The predicted molar refractivity (Wildman–Crippen MR) is 103 cm³/mol. The molecule has 0 bridgehead atoms. The Hall–Kier alpha value is -3.46. The average Bonchev–Trinajstić information content (AvgIpc) is 2.69. The van der Waals surface area contributed by atoms with Crippen LogP contribution in [0.5, 0.6) is 0 Å². The van der Waals surface area contributed by atoms with Crippen molar-refractivity contribution in [2.24, 2.45) is 0 Å². The van der Waals surface area contributed by atoms with E-state index < -0.39 is 0 Å². The van der Waals surface area contributed by atoms with E-state index >= 15 is 0 Å². The number of nitrogens with zero attached hydrogens (tertiary/aromatic N) is 2. The molecule has 0 aliphatic heterocycles. The van der Waals surface area contributed by atoms with Crippen molar-refractivity contribution in [3.8, 4) is 16.9 Å². The van der Waals surface area contributed by atoms with Crippen LogP contribution in [0.25, 0.3) is 33.8 Å². The summed E-state index contributed by atoms with van der Waals surface area (Å²) >= 11 is 0.